The Hall–Kier alpha value is -3.60. The van der Waals surface area contributed by atoms with Crippen LogP contribution < -0.4 is 20.5 Å². The van der Waals surface area contributed by atoms with Crippen LogP contribution in [-0.2, 0) is 10.0 Å². The van der Waals surface area contributed by atoms with Gasteiger partial charge in [-0.25, -0.2) is 13.4 Å². The van der Waals surface area contributed by atoms with Crippen LogP contribution in [0.25, 0.3) is 11.3 Å². The average Bonchev–Trinajstić information content (AvgIpc) is 3.17. The Morgan fingerprint density at radius 2 is 2.03 bits per heavy atom. The summed E-state index contributed by atoms with van der Waals surface area (Å²) in [4.78, 5) is 16.4. The number of anilines is 3. The van der Waals surface area contributed by atoms with Gasteiger partial charge in [0, 0.05) is 11.8 Å². The maximum atomic E-state index is 12.2. The molecule has 0 fully saturated rings. The molecule has 0 saturated carbocycles. The topological polar surface area (TPSA) is 152 Å². The zero-order chi connectivity index (χ0) is 23.3. The lowest BCUT2D eigenvalue weighted by Crippen LogP contribution is -2.16. The highest BCUT2D eigenvalue weighted by atomic mass is 32.2. The van der Waals surface area contributed by atoms with Crippen molar-refractivity contribution in [2.24, 2.45) is 11.7 Å². The third kappa shape index (κ3) is 5.55. The minimum Gasteiger partial charge on any atom is -0.491 e. The number of H-pyrrole nitrogens is 1. The van der Waals surface area contributed by atoms with E-state index in [4.69, 9.17) is 10.5 Å². The number of carbonyl (C=O) groups excluding carboxylic acids is 1. The van der Waals surface area contributed by atoms with Gasteiger partial charge in [0.1, 0.15) is 28.6 Å². The zero-order valence-corrected chi connectivity index (χ0v) is 18.9. The average molecular weight is 459 g/mol. The quantitative estimate of drug-likeness (QED) is 0.364. The van der Waals surface area contributed by atoms with Crippen LogP contribution in [-0.4, -0.2) is 41.9 Å². The smallest absolute Gasteiger partial charge is 0.254 e. The van der Waals surface area contributed by atoms with E-state index in [9.17, 15) is 13.2 Å². The second-order valence-corrected chi connectivity index (χ2v) is 9.46. The number of amides is 1. The molecule has 0 radical (unpaired) electrons. The lowest BCUT2D eigenvalue weighted by Gasteiger charge is -2.15. The predicted molar refractivity (Wildman–Crippen MR) is 123 cm³/mol. The number of nitrogens with zero attached hydrogens (tertiary/aromatic N) is 2. The van der Waals surface area contributed by atoms with Crippen molar-refractivity contribution in [3.63, 3.8) is 0 Å². The number of hydrogen-bond donors (Lipinski definition) is 4. The summed E-state index contributed by atoms with van der Waals surface area (Å²) in [7, 11) is -3.51. The first kappa shape index (κ1) is 23.1. The highest BCUT2D eigenvalue weighted by Gasteiger charge is 2.22. The molecule has 10 nitrogen and oxygen atoms in total. The van der Waals surface area contributed by atoms with E-state index in [-0.39, 0.29) is 17.2 Å². The Balaban J connectivity index is 2.03. The zero-order valence-electron chi connectivity index (χ0n) is 18.0. The van der Waals surface area contributed by atoms with Gasteiger partial charge in [-0.1, -0.05) is 26.0 Å². The first-order chi connectivity index (χ1) is 15.2. The molecule has 0 aliphatic heterocycles. The summed E-state index contributed by atoms with van der Waals surface area (Å²) in [5.41, 5.74) is 6.92. The summed E-state index contributed by atoms with van der Waals surface area (Å²) in [5.74, 6) is 0.585. The molecule has 0 saturated heterocycles. The van der Waals surface area contributed by atoms with Crippen LogP contribution in [0.15, 0.2) is 42.6 Å². The van der Waals surface area contributed by atoms with Gasteiger partial charge < -0.3 is 15.8 Å². The van der Waals surface area contributed by atoms with Gasteiger partial charge in [0.2, 0.25) is 10.0 Å². The van der Waals surface area contributed by atoms with Gasteiger partial charge in [0.25, 0.3) is 5.91 Å². The Labute approximate surface area is 186 Å². The van der Waals surface area contributed by atoms with Crippen LogP contribution in [0.4, 0.5) is 17.3 Å². The number of nitrogens with one attached hydrogen (secondary N) is 3. The number of carbonyl (C=O) groups is 1. The SMILES string of the molecule is CCS(=O)(=O)Nc1ccc(-c2n[nH]c(Nc3ccccn3)c2C(N)=O)cc1OCC(C)C. The summed E-state index contributed by atoms with van der Waals surface area (Å²) < 4.78 is 32.5. The standard InChI is InChI=1S/C21H26N6O4S/c1-4-32(29,30)27-15-9-8-14(11-16(15)31-12-13(2)3)19-18(20(22)28)21(26-25-19)24-17-7-5-6-10-23-17/h5-11,13,27H,4,12H2,1-3H3,(H2,22,28)(H2,23,24,25,26). The number of primary amides is 1. The number of ether oxygens (including phenoxy) is 1. The van der Waals surface area contributed by atoms with Crippen LogP contribution in [0.2, 0.25) is 0 Å². The Bertz CT molecular complexity index is 1190. The van der Waals surface area contributed by atoms with E-state index in [1.54, 1.807) is 49.5 Å². The number of pyridine rings is 1. The number of nitrogens with two attached hydrogens (primary N) is 1. The van der Waals surface area contributed by atoms with E-state index >= 15 is 0 Å². The van der Waals surface area contributed by atoms with Gasteiger partial charge in [0.15, 0.2) is 0 Å². The van der Waals surface area contributed by atoms with Crippen LogP contribution in [0, 0.1) is 5.92 Å². The van der Waals surface area contributed by atoms with E-state index in [0.717, 1.165) is 0 Å². The molecule has 2 heterocycles. The molecule has 3 aromatic rings. The van der Waals surface area contributed by atoms with Gasteiger partial charge in [-0.15, -0.1) is 0 Å². The van der Waals surface area contributed by atoms with Crippen molar-refractivity contribution in [1.82, 2.24) is 15.2 Å². The van der Waals surface area contributed by atoms with Crippen molar-refractivity contribution < 1.29 is 17.9 Å². The van der Waals surface area contributed by atoms with E-state index < -0.39 is 15.9 Å². The Morgan fingerprint density at radius 1 is 1.25 bits per heavy atom. The van der Waals surface area contributed by atoms with Gasteiger partial charge in [0.05, 0.1) is 18.0 Å². The molecule has 11 heteroatoms. The highest BCUT2D eigenvalue weighted by molar-refractivity contribution is 7.92. The van der Waals surface area contributed by atoms with Crippen molar-refractivity contribution in [3.05, 3.63) is 48.2 Å². The van der Waals surface area contributed by atoms with Gasteiger partial charge >= 0.3 is 0 Å². The molecule has 2 aromatic heterocycles. The normalized spacial score (nSPS) is 11.4. The summed E-state index contributed by atoms with van der Waals surface area (Å²) >= 11 is 0. The minimum atomic E-state index is -3.51. The molecule has 0 aliphatic rings. The Morgan fingerprint density at radius 3 is 2.66 bits per heavy atom. The molecule has 32 heavy (non-hydrogen) atoms. The van der Waals surface area contributed by atoms with E-state index in [0.29, 0.717) is 40.9 Å². The van der Waals surface area contributed by atoms with Crippen LogP contribution in [0.3, 0.4) is 0 Å². The fourth-order valence-electron chi connectivity index (χ4n) is 2.82. The van der Waals surface area contributed by atoms with Crippen molar-refractivity contribution in [2.45, 2.75) is 20.8 Å². The van der Waals surface area contributed by atoms with Gasteiger partial charge in [-0.2, -0.15) is 5.10 Å². The van der Waals surface area contributed by atoms with Crippen LogP contribution >= 0.6 is 0 Å². The molecule has 0 unspecified atom stereocenters. The lowest BCUT2D eigenvalue weighted by atomic mass is 10.1. The maximum absolute atomic E-state index is 12.2. The summed E-state index contributed by atoms with van der Waals surface area (Å²) in [6, 6.07) is 10.1. The number of hydrogen-bond acceptors (Lipinski definition) is 7. The molecule has 1 aromatic carbocycles. The number of aromatic amines is 1. The molecular weight excluding hydrogens is 432 g/mol. The van der Waals surface area contributed by atoms with E-state index in [1.165, 1.54) is 0 Å². The number of sulfonamides is 1. The maximum Gasteiger partial charge on any atom is 0.254 e. The molecule has 0 aliphatic carbocycles. The molecule has 1 amide bonds. The molecule has 0 spiro atoms. The first-order valence-electron chi connectivity index (χ1n) is 10.0. The first-order valence-corrected chi connectivity index (χ1v) is 11.7. The van der Waals surface area contributed by atoms with Crippen molar-refractivity contribution in [2.75, 3.05) is 22.4 Å². The fraction of sp³-hybridized carbons (Fsp3) is 0.286. The molecule has 0 atom stereocenters. The second-order valence-electron chi connectivity index (χ2n) is 7.45. The highest BCUT2D eigenvalue weighted by Crippen LogP contribution is 2.34. The third-order valence-electron chi connectivity index (χ3n) is 4.40. The second kappa shape index (κ2) is 9.69. The van der Waals surface area contributed by atoms with Gasteiger partial charge in [-0.05, 0) is 37.1 Å². The molecule has 3 rings (SSSR count). The van der Waals surface area contributed by atoms with Crippen molar-refractivity contribution in [3.8, 4) is 17.0 Å². The van der Waals surface area contributed by atoms with E-state index in [2.05, 4.69) is 25.2 Å². The largest absolute Gasteiger partial charge is 0.491 e. The third-order valence-corrected chi connectivity index (χ3v) is 5.69. The molecule has 5 N–H and O–H groups in total. The summed E-state index contributed by atoms with van der Waals surface area (Å²) in [5, 5.41) is 10.0. The molecule has 0 bridgehead atoms. The minimum absolute atomic E-state index is 0.0773. The van der Waals surface area contributed by atoms with Crippen LogP contribution in [0.1, 0.15) is 31.1 Å². The molecular formula is C21H26N6O4S. The fourth-order valence-corrected chi connectivity index (χ4v) is 3.46. The molecule has 170 valence electrons. The summed E-state index contributed by atoms with van der Waals surface area (Å²) in [6.07, 6.45) is 1.61. The number of benzene rings is 1. The van der Waals surface area contributed by atoms with Crippen molar-refractivity contribution >= 4 is 33.3 Å². The van der Waals surface area contributed by atoms with Crippen molar-refractivity contribution in [1.29, 1.82) is 0 Å². The number of rotatable bonds is 10. The summed E-state index contributed by atoms with van der Waals surface area (Å²) in [6.45, 7) is 5.88. The van der Waals surface area contributed by atoms with E-state index in [1.807, 2.05) is 13.8 Å². The van der Waals surface area contributed by atoms with Crippen LogP contribution in [0.5, 0.6) is 5.75 Å². The monoisotopic (exact) mass is 458 g/mol. The predicted octanol–water partition coefficient (Wildman–Crippen LogP) is 3.11. The number of aromatic nitrogens is 3. The lowest BCUT2D eigenvalue weighted by molar-refractivity contribution is 0.100. The Kier molecular flexibility index (Phi) is 6.98. The van der Waals surface area contributed by atoms with Gasteiger partial charge in [-0.3, -0.25) is 14.6 Å².